The standard InChI is InChI=1S/C16H10F3N5O2S/c17-16(18,19)12-3-4-21-15(24-12)22-8-1-2-10-9(5-8)23-14(25)13(26-10)11-6-20-7-27-11/h1-7,13H,(H,23,25)(H,21,22,24). The van der Waals surface area contributed by atoms with Crippen LogP contribution in [0.4, 0.5) is 30.5 Å². The Hall–Kier alpha value is -3.21. The Kier molecular flexibility index (Phi) is 4.15. The molecule has 0 spiro atoms. The number of fused-ring (bicyclic) bond motifs is 1. The van der Waals surface area contributed by atoms with Crippen molar-refractivity contribution < 1.29 is 22.7 Å². The molecule has 0 bridgehead atoms. The first-order valence-corrected chi connectivity index (χ1v) is 8.45. The first-order valence-electron chi connectivity index (χ1n) is 7.57. The maximum absolute atomic E-state index is 12.7. The van der Waals surface area contributed by atoms with Gasteiger partial charge in [0, 0.05) is 18.1 Å². The van der Waals surface area contributed by atoms with Crippen LogP contribution in [-0.4, -0.2) is 20.9 Å². The Morgan fingerprint density at radius 2 is 2.11 bits per heavy atom. The summed E-state index contributed by atoms with van der Waals surface area (Å²) in [6.07, 6.45) is -2.79. The Bertz CT molecular complexity index is 994. The molecular weight excluding hydrogens is 383 g/mol. The van der Waals surface area contributed by atoms with E-state index in [2.05, 4.69) is 25.6 Å². The van der Waals surface area contributed by atoms with E-state index in [4.69, 9.17) is 4.74 Å². The van der Waals surface area contributed by atoms with Gasteiger partial charge in [-0.15, -0.1) is 11.3 Å². The number of carbonyl (C=O) groups excluding carboxylic acids is 1. The van der Waals surface area contributed by atoms with Crippen molar-refractivity contribution in [1.82, 2.24) is 15.0 Å². The Balaban J connectivity index is 1.56. The van der Waals surface area contributed by atoms with Crippen molar-refractivity contribution in [3.8, 4) is 5.75 Å². The smallest absolute Gasteiger partial charge is 0.433 e. The lowest BCUT2D eigenvalue weighted by atomic mass is 10.2. The van der Waals surface area contributed by atoms with Crippen LogP contribution in [0, 0.1) is 0 Å². The molecule has 27 heavy (non-hydrogen) atoms. The van der Waals surface area contributed by atoms with E-state index in [9.17, 15) is 18.0 Å². The normalized spacial score (nSPS) is 16.3. The van der Waals surface area contributed by atoms with E-state index < -0.39 is 18.0 Å². The molecule has 0 aliphatic carbocycles. The Morgan fingerprint density at radius 3 is 2.85 bits per heavy atom. The molecule has 1 unspecified atom stereocenters. The molecule has 138 valence electrons. The third-order valence-corrected chi connectivity index (χ3v) is 4.45. The number of anilines is 3. The summed E-state index contributed by atoms with van der Waals surface area (Å²) in [7, 11) is 0. The van der Waals surface area contributed by atoms with Gasteiger partial charge in [-0.1, -0.05) is 0 Å². The zero-order valence-corrected chi connectivity index (χ0v) is 14.1. The summed E-state index contributed by atoms with van der Waals surface area (Å²) in [4.78, 5) is 24.1. The summed E-state index contributed by atoms with van der Waals surface area (Å²) < 4.78 is 43.9. The SMILES string of the molecule is O=C1Nc2cc(Nc3nccc(C(F)(F)F)n3)ccc2OC1c1cncs1. The second-order valence-electron chi connectivity index (χ2n) is 5.49. The highest BCUT2D eigenvalue weighted by Gasteiger charge is 2.33. The van der Waals surface area contributed by atoms with Crippen LogP contribution < -0.4 is 15.4 Å². The van der Waals surface area contributed by atoms with E-state index in [1.165, 1.54) is 17.4 Å². The highest BCUT2D eigenvalue weighted by atomic mass is 32.1. The average molecular weight is 393 g/mol. The van der Waals surface area contributed by atoms with Crippen LogP contribution in [0.15, 0.2) is 42.2 Å². The van der Waals surface area contributed by atoms with Gasteiger partial charge in [0.25, 0.3) is 5.91 Å². The van der Waals surface area contributed by atoms with Crippen LogP contribution in [-0.2, 0) is 11.0 Å². The van der Waals surface area contributed by atoms with Gasteiger partial charge in [-0.2, -0.15) is 13.2 Å². The van der Waals surface area contributed by atoms with E-state index in [-0.39, 0.29) is 11.9 Å². The molecule has 7 nitrogen and oxygen atoms in total. The van der Waals surface area contributed by atoms with Gasteiger partial charge in [0.15, 0.2) is 0 Å². The lowest BCUT2D eigenvalue weighted by molar-refractivity contribution is -0.141. The first-order chi connectivity index (χ1) is 12.9. The second-order valence-corrected chi connectivity index (χ2v) is 6.41. The minimum absolute atomic E-state index is 0.213. The molecule has 4 rings (SSSR count). The van der Waals surface area contributed by atoms with Gasteiger partial charge in [-0.3, -0.25) is 9.78 Å². The Labute approximate surface area is 154 Å². The van der Waals surface area contributed by atoms with E-state index in [0.29, 0.717) is 22.0 Å². The van der Waals surface area contributed by atoms with E-state index in [1.54, 1.807) is 23.8 Å². The van der Waals surface area contributed by atoms with Crippen LogP contribution in [0.25, 0.3) is 0 Å². The number of halogens is 3. The number of aromatic nitrogens is 3. The quantitative estimate of drug-likeness (QED) is 0.704. The molecule has 0 saturated carbocycles. The zero-order chi connectivity index (χ0) is 19.0. The van der Waals surface area contributed by atoms with Crippen LogP contribution in [0.3, 0.4) is 0 Å². The lowest BCUT2D eigenvalue weighted by Crippen LogP contribution is -2.29. The predicted octanol–water partition coefficient (Wildman–Crippen LogP) is 3.77. The summed E-state index contributed by atoms with van der Waals surface area (Å²) in [5.74, 6) is -0.141. The summed E-state index contributed by atoms with van der Waals surface area (Å²) in [5, 5.41) is 5.40. The number of rotatable bonds is 3. The zero-order valence-electron chi connectivity index (χ0n) is 13.3. The highest BCUT2D eigenvalue weighted by molar-refractivity contribution is 7.09. The number of carbonyl (C=O) groups is 1. The van der Waals surface area contributed by atoms with Crippen LogP contribution in [0.1, 0.15) is 16.7 Å². The lowest BCUT2D eigenvalue weighted by Gasteiger charge is -2.25. The van der Waals surface area contributed by atoms with Gasteiger partial charge >= 0.3 is 6.18 Å². The maximum atomic E-state index is 12.7. The molecule has 2 aromatic heterocycles. The molecule has 1 atom stereocenters. The monoisotopic (exact) mass is 393 g/mol. The van der Waals surface area contributed by atoms with Crippen molar-refractivity contribution in [3.05, 3.63) is 52.7 Å². The third-order valence-electron chi connectivity index (χ3n) is 3.63. The molecule has 0 saturated heterocycles. The number of nitrogens with one attached hydrogen (secondary N) is 2. The predicted molar refractivity (Wildman–Crippen MR) is 90.9 cm³/mol. The molecule has 3 heterocycles. The molecule has 3 aromatic rings. The molecule has 1 aliphatic heterocycles. The molecular formula is C16H10F3N5O2S. The van der Waals surface area contributed by atoms with Gasteiger partial charge in [0.1, 0.15) is 11.4 Å². The minimum Gasteiger partial charge on any atom is -0.473 e. The molecule has 0 fully saturated rings. The van der Waals surface area contributed by atoms with Gasteiger partial charge in [0.2, 0.25) is 12.1 Å². The van der Waals surface area contributed by atoms with Gasteiger partial charge in [-0.05, 0) is 24.3 Å². The maximum Gasteiger partial charge on any atom is 0.433 e. The van der Waals surface area contributed by atoms with Crippen LogP contribution >= 0.6 is 11.3 Å². The molecule has 0 radical (unpaired) electrons. The fraction of sp³-hybridized carbons (Fsp3) is 0.125. The number of thiazole rings is 1. The fourth-order valence-corrected chi connectivity index (χ4v) is 3.08. The molecule has 2 N–H and O–H groups in total. The number of benzene rings is 1. The van der Waals surface area contributed by atoms with Crippen molar-refractivity contribution >= 4 is 34.6 Å². The summed E-state index contributed by atoms with van der Waals surface area (Å²) in [6.45, 7) is 0. The Morgan fingerprint density at radius 1 is 1.26 bits per heavy atom. The number of hydrogen-bond donors (Lipinski definition) is 2. The van der Waals surface area contributed by atoms with E-state index in [0.717, 1.165) is 12.3 Å². The first kappa shape index (κ1) is 17.2. The van der Waals surface area contributed by atoms with E-state index >= 15 is 0 Å². The fourth-order valence-electron chi connectivity index (χ4n) is 2.44. The number of amides is 1. The third kappa shape index (κ3) is 3.53. The number of alkyl halides is 3. The van der Waals surface area contributed by atoms with Crippen molar-refractivity contribution in [3.63, 3.8) is 0 Å². The molecule has 1 aliphatic rings. The minimum atomic E-state index is -4.57. The van der Waals surface area contributed by atoms with Crippen molar-refractivity contribution in [2.24, 2.45) is 0 Å². The largest absolute Gasteiger partial charge is 0.473 e. The second kappa shape index (κ2) is 6.50. The number of nitrogens with zero attached hydrogens (tertiary/aromatic N) is 3. The van der Waals surface area contributed by atoms with E-state index in [1.807, 2.05) is 0 Å². The van der Waals surface area contributed by atoms with Crippen LogP contribution in [0.5, 0.6) is 5.75 Å². The topological polar surface area (TPSA) is 89.0 Å². The van der Waals surface area contributed by atoms with Crippen molar-refractivity contribution in [1.29, 1.82) is 0 Å². The number of ether oxygens (including phenoxy) is 1. The van der Waals surface area contributed by atoms with Gasteiger partial charge in [0.05, 0.1) is 16.1 Å². The molecule has 1 amide bonds. The van der Waals surface area contributed by atoms with Crippen LogP contribution in [0.2, 0.25) is 0 Å². The van der Waals surface area contributed by atoms with Gasteiger partial charge in [-0.25, -0.2) is 9.97 Å². The summed E-state index contributed by atoms with van der Waals surface area (Å²) in [6, 6.07) is 5.49. The average Bonchev–Trinajstić information content (AvgIpc) is 3.15. The summed E-state index contributed by atoms with van der Waals surface area (Å²) in [5.41, 5.74) is 1.33. The molecule has 11 heteroatoms. The number of hydrogen-bond acceptors (Lipinski definition) is 7. The van der Waals surface area contributed by atoms with Crippen molar-refractivity contribution in [2.75, 3.05) is 10.6 Å². The van der Waals surface area contributed by atoms with Crippen molar-refractivity contribution in [2.45, 2.75) is 12.3 Å². The highest BCUT2D eigenvalue weighted by Crippen LogP contribution is 2.38. The summed E-state index contributed by atoms with van der Waals surface area (Å²) >= 11 is 1.30. The van der Waals surface area contributed by atoms with Gasteiger partial charge < -0.3 is 15.4 Å². The molecule has 1 aromatic carbocycles.